The van der Waals surface area contributed by atoms with Crippen LogP contribution < -0.4 is 16.2 Å². The number of carbonyl (C=O) groups excluding carboxylic acids is 1. The Morgan fingerprint density at radius 2 is 1.94 bits per heavy atom. The van der Waals surface area contributed by atoms with Crippen molar-refractivity contribution in [3.8, 4) is 0 Å². The van der Waals surface area contributed by atoms with E-state index in [1.807, 2.05) is 0 Å². The molecule has 35 heavy (non-hydrogen) atoms. The summed E-state index contributed by atoms with van der Waals surface area (Å²) in [7, 11) is -1.85. The second-order valence-corrected chi connectivity index (χ2v) is 10.9. The summed E-state index contributed by atoms with van der Waals surface area (Å²) < 4.78 is 54.1. The number of benzene rings is 1. The molecule has 1 atom stereocenters. The van der Waals surface area contributed by atoms with E-state index in [0.29, 0.717) is 46.5 Å². The largest absolute Gasteiger partial charge is 0.384 e. The van der Waals surface area contributed by atoms with Gasteiger partial charge in [0.1, 0.15) is 17.3 Å². The fraction of sp³-hybridized carbons (Fsp3) is 0.250. The van der Waals surface area contributed by atoms with Crippen molar-refractivity contribution in [2.24, 2.45) is 7.05 Å². The number of sulfone groups is 1. The minimum atomic E-state index is -3.46. The Labute approximate surface area is 200 Å². The van der Waals surface area contributed by atoms with Crippen molar-refractivity contribution >= 4 is 32.8 Å². The quantitative estimate of drug-likeness (QED) is 0.675. The van der Waals surface area contributed by atoms with Gasteiger partial charge < -0.3 is 15.2 Å². The lowest BCUT2D eigenvalue weighted by molar-refractivity contribution is 0.219. The Morgan fingerprint density at radius 3 is 2.63 bits per heavy atom. The zero-order valence-electron chi connectivity index (χ0n) is 18.9. The minimum absolute atomic E-state index is 0.303. The zero-order chi connectivity index (χ0) is 25.1. The van der Waals surface area contributed by atoms with Crippen LogP contribution >= 0.6 is 0 Å². The lowest BCUT2D eigenvalue weighted by atomic mass is 9.92. The lowest BCUT2D eigenvalue weighted by Gasteiger charge is -2.31. The normalized spacial score (nSPS) is 18.7. The molecule has 182 valence electrons. The van der Waals surface area contributed by atoms with Crippen molar-refractivity contribution in [3.63, 3.8) is 0 Å². The van der Waals surface area contributed by atoms with E-state index in [2.05, 4.69) is 10.6 Å². The van der Waals surface area contributed by atoms with Crippen LogP contribution in [0.5, 0.6) is 0 Å². The third kappa shape index (κ3) is 3.95. The number of aryl methyl sites for hydroxylation is 1. The smallest absolute Gasteiger partial charge is 0.326 e. The standard InChI is InChI=1S/C24H22F2N4O4S/c1-29-9-7-15-14(12-35(2,33)34)10-13-11-30(24(32)28-21-16(25)4-3-5-17(21)26)18-6-8-27-22(19(13)18)20(15)23(29)31/h3-5,7,9-11,18,27H,6,8,12H2,1-2H3,(H,28,32). The number of aromatic nitrogens is 1. The second kappa shape index (κ2) is 8.19. The molecule has 3 heterocycles. The van der Waals surface area contributed by atoms with Gasteiger partial charge in [0.15, 0.2) is 9.84 Å². The molecule has 0 bridgehead atoms. The van der Waals surface area contributed by atoms with Crippen LogP contribution in [0.15, 0.2) is 58.7 Å². The fourth-order valence-electron chi connectivity index (χ4n) is 4.80. The van der Waals surface area contributed by atoms with E-state index in [9.17, 15) is 26.8 Å². The molecule has 2 aromatic rings. The molecule has 0 radical (unpaired) electrons. The number of halogens is 2. The topological polar surface area (TPSA) is 101 Å². The first-order chi connectivity index (χ1) is 16.5. The highest BCUT2D eigenvalue weighted by Gasteiger charge is 2.40. The van der Waals surface area contributed by atoms with Crippen LogP contribution in [0.25, 0.3) is 11.3 Å². The highest BCUT2D eigenvalue weighted by Crippen LogP contribution is 2.42. The molecule has 1 aromatic carbocycles. The molecule has 3 aliphatic rings. The first kappa shape index (κ1) is 23.0. The van der Waals surface area contributed by atoms with Gasteiger partial charge in [0.25, 0.3) is 5.56 Å². The average Bonchev–Trinajstić information content (AvgIpc) is 3.09. The molecule has 2 amide bonds. The fourth-order valence-corrected chi connectivity index (χ4v) is 5.60. The summed E-state index contributed by atoms with van der Waals surface area (Å²) in [6.07, 6.45) is 6.36. The van der Waals surface area contributed by atoms with Gasteiger partial charge in [-0.2, -0.15) is 0 Å². The molecular formula is C24H22F2N4O4S. The Kier molecular flexibility index (Phi) is 5.39. The predicted octanol–water partition coefficient (Wildman–Crippen LogP) is 2.61. The van der Waals surface area contributed by atoms with Gasteiger partial charge in [0.05, 0.1) is 23.1 Å². The molecule has 1 aliphatic carbocycles. The van der Waals surface area contributed by atoms with E-state index in [1.165, 1.54) is 21.7 Å². The minimum Gasteiger partial charge on any atom is -0.384 e. The summed E-state index contributed by atoms with van der Waals surface area (Å²) in [5, 5.41) is 5.57. The SMILES string of the molecule is Cn1ccc2c(c1=O)C1=C3C(=CN(C(=O)Nc4c(F)cccc4F)C3CCN1)C=C2CS(C)(=O)=O. The summed E-state index contributed by atoms with van der Waals surface area (Å²) in [5.41, 5.74) is 2.13. The molecule has 0 saturated carbocycles. The van der Waals surface area contributed by atoms with Gasteiger partial charge in [-0.25, -0.2) is 22.0 Å². The molecule has 2 N–H and O–H groups in total. The van der Waals surface area contributed by atoms with Crippen molar-refractivity contribution in [1.82, 2.24) is 14.8 Å². The van der Waals surface area contributed by atoms with E-state index < -0.39 is 39.2 Å². The Morgan fingerprint density at radius 1 is 1.23 bits per heavy atom. The summed E-state index contributed by atoms with van der Waals surface area (Å²) in [6.45, 7) is 0.432. The van der Waals surface area contributed by atoms with Crippen LogP contribution in [-0.2, 0) is 16.9 Å². The summed E-state index contributed by atoms with van der Waals surface area (Å²) in [6, 6.07) is 3.74. The van der Waals surface area contributed by atoms with Gasteiger partial charge in [0.2, 0.25) is 0 Å². The molecule has 5 rings (SSSR count). The Hall–Kier alpha value is -3.73. The maximum Gasteiger partial charge on any atom is 0.326 e. The van der Waals surface area contributed by atoms with Crippen LogP contribution in [0.2, 0.25) is 0 Å². The predicted molar refractivity (Wildman–Crippen MR) is 128 cm³/mol. The maximum absolute atomic E-state index is 14.1. The molecule has 1 aromatic heterocycles. The molecule has 1 unspecified atom stereocenters. The monoisotopic (exact) mass is 500 g/mol. The maximum atomic E-state index is 14.1. The summed E-state index contributed by atoms with van der Waals surface area (Å²) in [4.78, 5) is 27.7. The summed E-state index contributed by atoms with van der Waals surface area (Å²) >= 11 is 0. The van der Waals surface area contributed by atoms with Crippen LogP contribution in [0.3, 0.4) is 0 Å². The van der Waals surface area contributed by atoms with E-state index in [0.717, 1.165) is 18.4 Å². The molecule has 0 saturated heterocycles. The number of anilines is 1. The highest BCUT2D eigenvalue weighted by molar-refractivity contribution is 7.91. The first-order valence-corrected chi connectivity index (χ1v) is 12.9. The van der Waals surface area contributed by atoms with Gasteiger partial charge in [0, 0.05) is 37.8 Å². The van der Waals surface area contributed by atoms with Gasteiger partial charge in [-0.05, 0) is 47.4 Å². The van der Waals surface area contributed by atoms with Gasteiger partial charge in [-0.15, -0.1) is 0 Å². The van der Waals surface area contributed by atoms with Crippen molar-refractivity contribution < 1.29 is 22.0 Å². The molecule has 8 nitrogen and oxygen atoms in total. The number of rotatable bonds is 3. The number of urea groups is 1. The third-order valence-corrected chi connectivity index (χ3v) is 7.12. The van der Waals surface area contributed by atoms with E-state index in [-0.39, 0.29) is 11.3 Å². The van der Waals surface area contributed by atoms with E-state index >= 15 is 0 Å². The lowest BCUT2D eigenvalue weighted by Crippen LogP contribution is -2.42. The van der Waals surface area contributed by atoms with Crippen molar-refractivity contribution in [1.29, 1.82) is 0 Å². The third-order valence-electron chi connectivity index (χ3n) is 6.29. The molecule has 0 fully saturated rings. The Bertz CT molecular complexity index is 1520. The number of hydrogen-bond acceptors (Lipinski definition) is 5. The zero-order valence-corrected chi connectivity index (χ0v) is 19.7. The van der Waals surface area contributed by atoms with Crippen LogP contribution in [-0.4, -0.2) is 48.5 Å². The molecular weight excluding hydrogens is 478 g/mol. The number of allylic oxidation sites excluding steroid dienone is 1. The first-order valence-electron chi connectivity index (χ1n) is 10.9. The number of nitrogens with one attached hydrogen (secondary N) is 2. The highest BCUT2D eigenvalue weighted by atomic mass is 32.2. The molecule has 2 aliphatic heterocycles. The number of pyridine rings is 1. The molecule has 11 heteroatoms. The van der Waals surface area contributed by atoms with Crippen LogP contribution in [0, 0.1) is 11.6 Å². The number of para-hydroxylation sites is 1. The van der Waals surface area contributed by atoms with E-state index in [4.69, 9.17) is 0 Å². The Balaban J connectivity index is 1.66. The van der Waals surface area contributed by atoms with Crippen molar-refractivity contribution in [2.45, 2.75) is 12.5 Å². The van der Waals surface area contributed by atoms with E-state index in [1.54, 1.807) is 25.4 Å². The number of amides is 2. The van der Waals surface area contributed by atoms with Crippen molar-refractivity contribution in [3.05, 3.63) is 87.0 Å². The van der Waals surface area contributed by atoms with Gasteiger partial charge in [-0.3, -0.25) is 9.69 Å². The van der Waals surface area contributed by atoms with Crippen molar-refractivity contribution in [2.75, 3.05) is 23.9 Å². The number of fused-ring (bicyclic) bond motifs is 2. The average molecular weight is 501 g/mol. The van der Waals surface area contributed by atoms with Gasteiger partial charge >= 0.3 is 6.03 Å². The number of nitrogens with zero attached hydrogens (tertiary/aromatic N) is 2. The molecule has 0 spiro atoms. The number of hydrogen-bond donors (Lipinski definition) is 2. The number of carbonyl (C=O) groups is 1. The van der Waals surface area contributed by atoms with Crippen LogP contribution in [0.1, 0.15) is 17.5 Å². The second-order valence-electron chi connectivity index (χ2n) is 8.80. The van der Waals surface area contributed by atoms with Crippen LogP contribution in [0.4, 0.5) is 19.3 Å². The summed E-state index contributed by atoms with van der Waals surface area (Å²) in [5.74, 6) is -2.11. The van der Waals surface area contributed by atoms with Gasteiger partial charge in [-0.1, -0.05) is 6.07 Å².